The quantitative estimate of drug-likeness (QED) is 0.801. The number of fused-ring (bicyclic) bond motifs is 1. The van der Waals surface area contributed by atoms with Crippen molar-refractivity contribution >= 4 is 33.6 Å². The molecule has 0 spiro atoms. The molecule has 1 N–H and O–H groups in total. The summed E-state index contributed by atoms with van der Waals surface area (Å²) >= 11 is 3.32. The van der Waals surface area contributed by atoms with Crippen molar-refractivity contribution in [3.05, 3.63) is 45.4 Å². The van der Waals surface area contributed by atoms with Gasteiger partial charge in [0.25, 0.3) is 5.78 Å². The molecule has 0 unspecified atom stereocenters. The van der Waals surface area contributed by atoms with Crippen LogP contribution in [0.4, 0.5) is 0 Å². The maximum atomic E-state index is 11.9. The second-order valence-electron chi connectivity index (χ2n) is 4.64. The van der Waals surface area contributed by atoms with E-state index in [1.54, 1.807) is 18.2 Å². The zero-order valence-electron chi connectivity index (χ0n) is 11.3. The molecule has 0 saturated carbocycles. The fraction of sp³-hybridized carbons (Fsp3) is 0.143. The minimum absolute atomic E-state index is 0.149. The van der Waals surface area contributed by atoms with Crippen LogP contribution in [0.15, 0.2) is 28.3 Å². The van der Waals surface area contributed by atoms with Gasteiger partial charge in [-0.2, -0.15) is 14.6 Å². The van der Waals surface area contributed by atoms with E-state index in [4.69, 9.17) is 0 Å². The lowest BCUT2D eigenvalue weighted by Gasteiger charge is -2.04. The van der Waals surface area contributed by atoms with Crippen molar-refractivity contribution in [3.63, 3.8) is 0 Å². The van der Waals surface area contributed by atoms with E-state index in [1.807, 2.05) is 13.8 Å². The summed E-state index contributed by atoms with van der Waals surface area (Å²) in [6, 6.07) is 0. The molecule has 0 radical (unpaired) electrons. The normalized spacial score (nSPS) is 16.8. The molecule has 2 aromatic rings. The van der Waals surface area contributed by atoms with Crippen molar-refractivity contribution in [2.45, 2.75) is 13.8 Å². The van der Waals surface area contributed by atoms with Gasteiger partial charge in [0.15, 0.2) is 5.78 Å². The lowest BCUT2D eigenvalue weighted by Crippen LogP contribution is -2.04. The Morgan fingerprint density at radius 3 is 2.76 bits per heavy atom. The molecule has 6 nitrogen and oxygen atoms in total. The molecule has 0 atom stereocenters. The summed E-state index contributed by atoms with van der Waals surface area (Å²) in [5.74, 6) is -0.0620. The molecule has 21 heavy (non-hydrogen) atoms. The Balaban J connectivity index is 2.21. The molecular weight excluding hydrogens is 336 g/mol. The van der Waals surface area contributed by atoms with E-state index in [0.717, 1.165) is 15.9 Å². The van der Waals surface area contributed by atoms with Crippen LogP contribution in [0.25, 0.3) is 11.9 Å². The van der Waals surface area contributed by atoms with Gasteiger partial charge in [-0.3, -0.25) is 4.79 Å². The zero-order valence-corrected chi connectivity index (χ0v) is 12.9. The summed E-state index contributed by atoms with van der Waals surface area (Å²) in [5.41, 5.74) is 2.23. The van der Waals surface area contributed by atoms with Crippen molar-refractivity contribution in [2.75, 3.05) is 0 Å². The van der Waals surface area contributed by atoms with Crippen LogP contribution in [0.1, 0.15) is 17.1 Å². The highest BCUT2D eigenvalue weighted by atomic mass is 79.9. The fourth-order valence-corrected chi connectivity index (χ4v) is 2.31. The van der Waals surface area contributed by atoms with Gasteiger partial charge >= 0.3 is 0 Å². The van der Waals surface area contributed by atoms with Crippen LogP contribution in [-0.2, 0) is 4.79 Å². The molecule has 3 rings (SSSR count). The summed E-state index contributed by atoms with van der Waals surface area (Å²) < 4.78 is 2.21. The highest BCUT2D eigenvalue weighted by Crippen LogP contribution is 2.24. The monoisotopic (exact) mass is 346 g/mol. The smallest absolute Gasteiger partial charge is 0.254 e. The summed E-state index contributed by atoms with van der Waals surface area (Å²) in [5, 5.41) is 14.3. The number of hydrogen-bond donors (Lipinski definition) is 1. The first-order valence-corrected chi connectivity index (χ1v) is 6.99. The van der Waals surface area contributed by atoms with Gasteiger partial charge in [-0.15, -0.1) is 0 Å². The lowest BCUT2D eigenvalue weighted by molar-refractivity contribution is -0.111. The Labute approximate surface area is 128 Å². The molecule has 2 heterocycles. The van der Waals surface area contributed by atoms with Gasteiger partial charge in [-0.05, 0) is 38.2 Å². The second kappa shape index (κ2) is 4.92. The highest BCUT2D eigenvalue weighted by molar-refractivity contribution is 9.11. The van der Waals surface area contributed by atoms with E-state index in [-0.39, 0.29) is 11.7 Å². The number of aryl methyl sites for hydroxylation is 2. The maximum absolute atomic E-state index is 11.9. The van der Waals surface area contributed by atoms with Gasteiger partial charge in [0.05, 0.1) is 11.4 Å². The molecule has 0 saturated heterocycles. The van der Waals surface area contributed by atoms with Crippen molar-refractivity contribution in [1.82, 2.24) is 19.6 Å². The third kappa shape index (κ3) is 2.40. The van der Waals surface area contributed by atoms with Crippen molar-refractivity contribution in [2.24, 2.45) is 0 Å². The number of allylic oxidation sites excluding steroid dienone is 5. The molecule has 106 valence electrons. The molecular formula is C14H11BrN4O2. The van der Waals surface area contributed by atoms with Crippen LogP contribution in [-0.4, -0.2) is 30.5 Å². The van der Waals surface area contributed by atoms with Gasteiger partial charge in [0.2, 0.25) is 5.88 Å². The Kier molecular flexibility index (Phi) is 3.21. The summed E-state index contributed by atoms with van der Waals surface area (Å²) in [4.78, 5) is 20.1. The Morgan fingerprint density at radius 1 is 1.24 bits per heavy atom. The number of rotatable bonds is 1. The van der Waals surface area contributed by atoms with Crippen molar-refractivity contribution in [3.8, 4) is 5.88 Å². The van der Waals surface area contributed by atoms with Crippen LogP contribution in [0, 0.1) is 13.8 Å². The number of ketones is 1. The van der Waals surface area contributed by atoms with E-state index in [2.05, 4.69) is 31.0 Å². The largest absolute Gasteiger partial charge is 0.492 e. The van der Waals surface area contributed by atoms with Gasteiger partial charge in [0, 0.05) is 10.1 Å². The number of aromatic hydroxyl groups is 1. The van der Waals surface area contributed by atoms with Gasteiger partial charge in [-0.25, -0.2) is 4.98 Å². The van der Waals surface area contributed by atoms with Crippen molar-refractivity contribution in [1.29, 1.82) is 0 Å². The van der Waals surface area contributed by atoms with Crippen LogP contribution < -0.4 is 0 Å². The highest BCUT2D eigenvalue weighted by Gasteiger charge is 2.16. The topological polar surface area (TPSA) is 80.4 Å². The Hall–Kier alpha value is -2.28. The average Bonchev–Trinajstić information content (AvgIpc) is 2.71. The summed E-state index contributed by atoms with van der Waals surface area (Å²) in [6.45, 7) is 3.64. The molecule has 2 aromatic heterocycles. The first kappa shape index (κ1) is 13.7. The third-order valence-corrected chi connectivity index (χ3v) is 3.65. The Bertz CT molecular complexity index is 861. The molecule has 0 aliphatic heterocycles. The first-order valence-electron chi connectivity index (χ1n) is 6.20. The maximum Gasteiger partial charge on any atom is 0.254 e. The van der Waals surface area contributed by atoms with E-state index >= 15 is 0 Å². The van der Waals surface area contributed by atoms with Crippen LogP contribution in [0.2, 0.25) is 0 Å². The number of carbonyl (C=O) groups is 1. The number of aromatic nitrogens is 4. The first-order chi connectivity index (χ1) is 9.95. The number of hydrogen-bond acceptors (Lipinski definition) is 5. The molecule has 0 bridgehead atoms. The van der Waals surface area contributed by atoms with Crippen LogP contribution in [0.5, 0.6) is 5.88 Å². The fourth-order valence-electron chi connectivity index (χ4n) is 1.93. The van der Waals surface area contributed by atoms with Gasteiger partial charge in [-0.1, -0.05) is 15.9 Å². The predicted octanol–water partition coefficient (Wildman–Crippen LogP) is 2.25. The van der Waals surface area contributed by atoms with Crippen molar-refractivity contribution < 1.29 is 9.90 Å². The SMILES string of the molecule is Cc1nc2nc(O)c(/C=C3\C=C(Br)C=CC3=O)n2nc1C. The number of halogens is 1. The zero-order chi connectivity index (χ0) is 15.1. The molecule has 1 aliphatic carbocycles. The minimum atomic E-state index is -0.209. The van der Waals surface area contributed by atoms with Crippen LogP contribution in [0.3, 0.4) is 0 Å². The van der Waals surface area contributed by atoms with Crippen LogP contribution >= 0.6 is 15.9 Å². The molecule has 1 aliphatic rings. The predicted molar refractivity (Wildman–Crippen MR) is 81.1 cm³/mol. The van der Waals surface area contributed by atoms with E-state index in [9.17, 15) is 9.90 Å². The molecule has 7 heteroatoms. The average molecular weight is 347 g/mol. The standard InChI is InChI=1S/C14H11BrN4O2/c1-7-8(2)18-19-11(13(21)17-14(19)16-7)6-9-5-10(15)3-4-12(9)20/h3-6,21H,1-2H3/b9-6+. The lowest BCUT2D eigenvalue weighted by atomic mass is 10.1. The van der Waals surface area contributed by atoms with E-state index in [1.165, 1.54) is 10.6 Å². The molecule has 0 aromatic carbocycles. The summed E-state index contributed by atoms with van der Waals surface area (Å²) in [7, 11) is 0. The van der Waals surface area contributed by atoms with Gasteiger partial charge in [0.1, 0.15) is 5.69 Å². The summed E-state index contributed by atoms with van der Waals surface area (Å²) in [6.07, 6.45) is 6.35. The minimum Gasteiger partial charge on any atom is -0.492 e. The molecule has 0 amide bonds. The van der Waals surface area contributed by atoms with E-state index < -0.39 is 0 Å². The van der Waals surface area contributed by atoms with E-state index in [0.29, 0.717) is 17.0 Å². The number of imidazole rings is 1. The third-order valence-electron chi connectivity index (χ3n) is 3.16. The van der Waals surface area contributed by atoms with Gasteiger partial charge < -0.3 is 5.11 Å². The number of nitrogens with zero attached hydrogens (tertiary/aromatic N) is 4. The number of carbonyl (C=O) groups excluding carboxylic acids is 1. The molecule has 0 fully saturated rings. The second-order valence-corrected chi connectivity index (χ2v) is 5.56. The Morgan fingerprint density at radius 2 is 2.00 bits per heavy atom.